The summed E-state index contributed by atoms with van der Waals surface area (Å²) in [5.41, 5.74) is 0.677. The number of amides is 2. The second kappa shape index (κ2) is 9.57. The van der Waals surface area contributed by atoms with Crippen LogP contribution in [0.1, 0.15) is 39.5 Å². The number of likely N-dealkylation sites (N-methyl/N-ethyl adjacent to an activating group) is 1. The Kier molecular flexibility index (Phi) is 7.45. The Morgan fingerprint density at radius 2 is 2.04 bits per heavy atom. The zero-order valence-corrected chi connectivity index (χ0v) is 16.2. The molecular weight excluding hydrogens is 330 g/mol. The third-order valence-electron chi connectivity index (χ3n) is 5.23. The normalized spacial score (nSPS) is 21.1. The minimum absolute atomic E-state index is 0.0135. The van der Waals surface area contributed by atoms with Gasteiger partial charge in [0.25, 0.3) is 0 Å². The van der Waals surface area contributed by atoms with Crippen LogP contribution >= 0.6 is 0 Å². The number of anilines is 1. The zero-order valence-electron chi connectivity index (χ0n) is 16.2. The van der Waals surface area contributed by atoms with Gasteiger partial charge in [-0.2, -0.15) is 0 Å². The first-order chi connectivity index (χ1) is 12.4. The molecule has 26 heavy (non-hydrogen) atoms. The Labute approximate surface area is 156 Å². The van der Waals surface area contributed by atoms with Crippen molar-refractivity contribution in [2.45, 2.75) is 51.6 Å². The van der Waals surface area contributed by atoms with Gasteiger partial charge in [-0.25, -0.2) is 0 Å². The molecule has 0 saturated heterocycles. The SMILES string of the molecule is COc1cccc(NC(=O)CN(C)[C@H](C)C(=O)N[C@H]2CCCC[C@@H]2C)c1. The summed E-state index contributed by atoms with van der Waals surface area (Å²) < 4.78 is 5.15. The molecule has 0 aliphatic heterocycles. The van der Waals surface area contributed by atoms with Crippen LogP contribution in [0.4, 0.5) is 5.69 Å². The van der Waals surface area contributed by atoms with Gasteiger partial charge in [-0.05, 0) is 44.9 Å². The van der Waals surface area contributed by atoms with E-state index in [1.807, 2.05) is 19.1 Å². The van der Waals surface area contributed by atoms with Gasteiger partial charge in [-0.15, -0.1) is 0 Å². The molecule has 1 aromatic carbocycles. The van der Waals surface area contributed by atoms with Crippen LogP contribution < -0.4 is 15.4 Å². The lowest BCUT2D eigenvalue weighted by Gasteiger charge is -2.32. The summed E-state index contributed by atoms with van der Waals surface area (Å²) in [6.07, 6.45) is 4.62. The van der Waals surface area contributed by atoms with E-state index in [9.17, 15) is 9.59 Å². The van der Waals surface area contributed by atoms with Crippen LogP contribution in [0.25, 0.3) is 0 Å². The van der Waals surface area contributed by atoms with E-state index in [2.05, 4.69) is 17.6 Å². The van der Waals surface area contributed by atoms with Gasteiger partial charge in [0.1, 0.15) is 5.75 Å². The average molecular weight is 361 g/mol. The van der Waals surface area contributed by atoms with Crippen molar-refractivity contribution in [1.29, 1.82) is 0 Å². The molecule has 2 rings (SSSR count). The largest absolute Gasteiger partial charge is 0.497 e. The van der Waals surface area contributed by atoms with Gasteiger partial charge in [0, 0.05) is 17.8 Å². The van der Waals surface area contributed by atoms with E-state index in [0.717, 1.165) is 12.8 Å². The molecule has 1 fully saturated rings. The maximum Gasteiger partial charge on any atom is 0.238 e. The van der Waals surface area contributed by atoms with E-state index in [0.29, 0.717) is 17.4 Å². The third-order valence-corrected chi connectivity index (χ3v) is 5.23. The second-order valence-electron chi connectivity index (χ2n) is 7.25. The van der Waals surface area contributed by atoms with E-state index in [1.165, 1.54) is 12.8 Å². The van der Waals surface area contributed by atoms with Gasteiger partial charge in [0.2, 0.25) is 11.8 Å². The van der Waals surface area contributed by atoms with Crippen LogP contribution in [-0.4, -0.2) is 49.5 Å². The molecule has 0 spiro atoms. The number of nitrogens with zero attached hydrogens (tertiary/aromatic N) is 1. The first kappa shape index (κ1) is 20.2. The number of nitrogens with one attached hydrogen (secondary N) is 2. The number of rotatable bonds is 7. The van der Waals surface area contributed by atoms with Crippen LogP contribution in [0.3, 0.4) is 0 Å². The van der Waals surface area contributed by atoms with Gasteiger partial charge in [0.15, 0.2) is 0 Å². The summed E-state index contributed by atoms with van der Waals surface area (Å²) in [4.78, 5) is 26.5. The number of hydrogen-bond donors (Lipinski definition) is 2. The van der Waals surface area contributed by atoms with Crippen molar-refractivity contribution >= 4 is 17.5 Å². The minimum Gasteiger partial charge on any atom is -0.497 e. The molecule has 0 aromatic heterocycles. The molecule has 1 aliphatic carbocycles. The Balaban J connectivity index is 1.83. The van der Waals surface area contributed by atoms with E-state index in [4.69, 9.17) is 4.74 Å². The highest BCUT2D eigenvalue weighted by Crippen LogP contribution is 2.23. The lowest BCUT2D eigenvalue weighted by Crippen LogP contribution is -2.50. The van der Waals surface area contributed by atoms with E-state index >= 15 is 0 Å². The second-order valence-corrected chi connectivity index (χ2v) is 7.25. The van der Waals surface area contributed by atoms with Crippen LogP contribution in [-0.2, 0) is 9.59 Å². The molecule has 2 N–H and O–H groups in total. The summed E-state index contributed by atoms with van der Waals surface area (Å²) in [7, 11) is 3.38. The lowest BCUT2D eigenvalue weighted by atomic mass is 9.86. The summed E-state index contributed by atoms with van der Waals surface area (Å²) in [5.74, 6) is 1.03. The average Bonchev–Trinajstić information content (AvgIpc) is 2.62. The van der Waals surface area contributed by atoms with Gasteiger partial charge < -0.3 is 15.4 Å². The van der Waals surface area contributed by atoms with Crippen molar-refractivity contribution in [3.63, 3.8) is 0 Å². The molecule has 1 aromatic rings. The lowest BCUT2D eigenvalue weighted by molar-refractivity contribution is -0.127. The summed E-state index contributed by atoms with van der Waals surface area (Å²) in [5, 5.41) is 6.00. The molecule has 6 heteroatoms. The highest BCUT2D eigenvalue weighted by molar-refractivity contribution is 5.93. The number of carbonyl (C=O) groups excluding carboxylic acids is 2. The molecule has 1 aliphatic rings. The van der Waals surface area contributed by atoms with Crippen LogP contribution in [0.15, 0.2) is 24.3 Å². The van der Waals surface area contributed by atoms with Crippen LogP contribution in [0.5, 0.6) is 5.75 Å². The Morgan fingerprint density at radius 1 is 1.31 bits per heavy atom. The van der Waals surface area contributed by atoms with Crippen molar-refractivity contribution in [1.82, 2.24) is 10.2 Å². The van der Waals surface area contributed by atoms with Crippen molar-refractivity contribution < 1.29 is 14.3 Å². The highest BCUT2D eigenvalue weighted by Gasteiger charge is 2.26. The maximum absolute atomic E-state index is 12.5. The topological polar surface area (TPSA) is 70.7 Å². The fourth-order valence-corrected chi connectivity index (χ4v) is 3.30. The predicted octanol–water partition coefficient (Wildman–Crippen LogP) is 2.65. The summed E-state index contributed by atoms with van der Waals surface area (Å²) in [6.45, 7) is 4.17. The number of ether oxygens (including phenoxy) is 1. The Morgan fingerprint density at radius 3 is 2.73 bits per heavy atom. The highest BCUT2D eigenvalue weighted by atomic mass is 16.5. The van der Waals surface area contributed by atoms with Gasteiger partial charge in [-0.3, -0.25) is 14.5 Å². The number of carbonyl (C=O) groups is 2. The predicted molar refractivity (Wildman–Crippen MR) is 103 cm³/mol. The third kappa shape index (κ3) is 5.73. The molecule has 0 heterocycles. The number of methoxy groups -OCH3 is 1. The monoisotopic (exact) mass is 361 g/mol. The number of hydrogen-bond acceptors (Lipinski definition) is 4. The molecule has 6 nitrogen and oxygen atoms in total. The summed E-state index contributed by atoms with van der Waals surface area (Å²) in [6, 6.07) is 7.09. The smallest absolute Gasteiger partial charge is 0.238 e. The molecule has 144 valence electrons. The van der Waals surface area contributed by atoms with Crippen LogP contribution in [0, 0.1) is 5.92 Å². The van der Waals surface area contributed by atoms with Crippen molar-refractivity contribution in [3.05, 3.63) is 24.3 Å². The molecule has 0 radical (unpaired) electrons. The molecular formula is C20H31N3O3. The zero-order chi connectivity index (χ0) is 19.1. The van der Waals surface area contributed by atoms with Gasteiger partial charge in [0.05, 0.1) is 19.7 Å². The van der Waals surface area contributed by atoms with E-state index < -0.39 is 0 Å². The molecule has 2 amide bonds. The Hall–Kier alpha value is -2.08. The van der Waals surface area contributed by atoms with Crippen molar-refractivity contribution in [2.75, 3.05) is 26.0 Å². The van der Waals surface area contributed by atoms with Crippen LogP contribution in [0.2, 0.25) is 0 Å². The Bertz CT molecular complexity index is 620. The summed E-state index contributed by atoms with van der Waals surface area (Å²) >= 11 is 0. The number of benzene rings is 1. The maximum atomic E-state index is 12.5. The fraction of sp³-hybridized carbons (Fsp3) is 0.600. The molecule has 0 bridgehead atoms. The van der Waals surface area contributed by atoms with Gasteiger partial charge >= 0.3 is 0 Å². The van der Waals surface area contributed by atoms with E-state index in [1.54, 1.807) is 31.2 Å². The fourth-order valence-electron chi connectivity index (χ4n) is 3.30. The quantitative estimate of drug-likeness (QED) is 0.783. The minimum atomic E-state index is -0.361. The van der Waals surface area contributed by atoms with E-state index in [-0.39, 0.29) is 30.4 Å². The van der Waals surface area contributed by atoms with Crippen molar-refractivity contribution in [2.24, 2.45) is 5.92 Å². The standard InChI is InChI=1S/C20H31N3O3/c1-14-8-5-6-11-18(14)22-20(25)15(2)23(3)13-19(24)21-16-9-7-10-17(12-16)26-4/h7,9-10,12,14-15,18H,5-6,8,11,13H2,1-4H3,(H,21,24)(H,22,25)/t14-,15+,18-/m0/s1. The molecule has 1 saturated carbocycles. The van der Waals surface area contributed by atoms with Gasteiger partial charge in [-0.1, -0.05) is 25.8 Å². The first-order valence-electron chi connectivity index (χ1n) is 9.35. The van der Waals surface area contributed by atoms with Crippen molar-refractivity contribution in [3.8, 4) is 5.75 Å². The first-order valence-corrected chi connectivity index (χ1v) is 9.35. The molecule has 0 unspecified atom stereocenters. The molecule has 3 atom stereocenters.